The van der Waals surface area contributed by atoms with E-state index in [2.05, 4.69) is 15.1 Å². The Morgan fingerprint density at radius 3 is 2.68 bits per heavy atom. The Hall–Kier alpha value is -3.29. The third-order valence-corrected chi connectivity index (χ3v) is 4.53. The van der Waals surface area contributed by atoms with Crippen molar-refractivity contribution in [3.05, 3.63) is 53.5 Å². The van der Waals surface area contributed by atoms with Gasteiger partial charge in [-0.05, 0) is 36.8 Å². The number of aliphatic imine (C=N–C) groups is 1. The van der Waals surface area contributed by atoms with Crippen molar-refractivity contribution in [2.75, 3.05) is 13.2 Å². The van der Waals surface area contributed by atoms with Crippen molar-refractivity contribution in [3.8, 4) is 5.88 Å². The van der Waals surface area contributed by atoms with Gasteiger partial charge in [0.2, 0.25) is 11.8 Å². The number of hydrogen-bond acceptors (Lipinski definition) is 6. The number of hydrazone groups is 1. The smallest absolute Gasteiger partial charge is 0.219 e. The Balaban J connectivity index is 1.73. The van der Waals surface area contributed by atoms with Crippen molar-refractivity contribution in [3.63, 3.8) is 0 Å². The molecule has 0 atom stereocenters. The van der Waals surface area contributed by atoms with Crippen molar-refractivity contribution in [1.29, 1.82) is 0 Å². The maximum atomic E-state index is 13.1. The van der Waals surface area contributed by atoms with Crippen LogP contribution in [0.15, 0.2) is 46.5 Å². The molecule has 0 spiro atoms. The molecular formula is C20H22FN5O2. The van der Waals surface area contributed by atoms with E-state index in [4.69, 9.17) is 10.6 Å². The van der Waals surface area contributed by atoms with Crippen LogP contribution in [0.4, 0.5) is 10.1 Å². The second-order valence-electron chi connectivity index (χ2n) is 6.48. The molecule has 0 radical (unpaired) electrons. The molecule has 1 aliphatic heterocycles. The molecule has 0 unspecified atom stereocenters. The SMILES string of the molecule is CC(=O)N1CCc2nc(OCC(=Nc3ccc(F)cc3)/C(C)=N\N)ccc2C1. The zero-order valence-corrected chi connectivity index (χ0v) is 15.9. The molecule has 2 heterocycles. The van der Waals surface area contributed by atoms with E-state index in [0.717, 1.165) is 11.3 Å². The van der Waals surface area contributed by atoms with E-state index in [1.807, 2.05) is 6.07 Å². The van der Waals surface area contributed by atoms with Crippen LogP contribution in [0.5, 0.6) is 5.88 Å². The van der Waals surface area contributed by atoms with Crippen molar-refractivity contribution in [1.82, 2.24) is 9.88 Å². The lowest BCUT2D eigenvalue weighted by molar-refractivity contribution is -0.129. The highest BCUT2D eigenvalue weighted by molar-refractivity contribution is 6.42. The maximum Gasteiger partial charge on any atom is 0.219 e. The van der Waals surface area contributed by atoms with Crippen LogP contribution in [-0.4, -0.2) is 40.4 Å². The highest BCUT2D eigenvalue weighted by atomic mass is 19.1. The van der Waals surface area contributed by atoms with Crippen LogP contribution in [0.2, 0.25) is 0 Å². The quantitative estimate of drug-likeness (QED) is 0.488. The molecular weight excluding hydrogens is 361 g/mol. The van der Waals surface area contributed by atoms with E-state index in [1.165, 1.54) is 12.1 Å². The molecule has 146 valence electrons. The molecule has 0 saturated carbocycles. The number of pyridine rings is 1. The van der Waals surface area contributed by atoms with Crippen molar-refractivity contribution < 1.29 is 13.9 Å². The number of rotatable bonds is 5. The summed E-state index contributed by atoms with van der Waals surface area (Å²) in [7, 11) is 0. The first-order valence-corrected chi connectivity index (χ1v) is 8.91. The van der Waals surface area contributed by atoms with Gasteiger partial charge in [-0.1, -0.05) is 6.07 Å². The zero-order valence-electron chi connectivity index (χ0n) is 15.9. The molecule has 2 N–H and O–H groups in total. The number of benzene rings is 1. The maximum absolute atomic E-state index is 13.1. The van der Waals surface area contributed by atoms with Gasteiger partial charge in [0.05, 0.1) is 17.1 Å². The summed E-state index contributed by atoms with van der Waals surface area (Å²) >= 11 is 0. The van der Waals surface area contributed by atoms with E-state index in [-0.39, 0.29) is 18.3 Å². The highest BCUT2D eigenvalue weighted by Crippen LogP contribution is 2.21. The molecule has 2 aromatic rings. The Morgan fingerprint density at radius 2 is 2.00 bits per heavy atom. The molecule has 8 heteroatoms. The summed E-state index contributed by atoms with van der Waals surface area (Å²) in [4.78, 5) is 22.3. The number of halogens is 1. The molecule has 28 heavy (non-hydrogen) atoms. The summed E-state index contributed by atoms with van der Waals surface area (Å²) in [6.45, 7) is 4.62. The number of carbonyl (C=O) groups excluding carboxylic acids is 1. The average Bonchev–Trinajstić information content (AvgIpc) is 2.71. The van der Waals surface area contributed by atoms with Crippen molar-refractivity contribution in [2.24, 2.45) is 15.9 Å². The van der Waals surface area contributed by atoms with Crippen molar-refractivity contribution >= 4 is 23.0 Å². The summed E-state index contributed by atoms with van der Waals surface area (Å²) in [5.41, 5.74) is 3.56. The molecule has 0 fully saturated rings. The van der Waals surface area contributed by atoms with Crippen LogP contribution in [0, 0.1) is 5.82 Å². The summed E-state index contributed by atoms with van der Waals surface area (Å²) in [6.07, 6.45) is 0.686. The average molecular weight is 383 g/mol. The number of nitrogens with two attached hydrogens (primary N) is 1. The normalized spacial score (nSPS) is 14.6. The lowest BCUT2D eigenvalue weighted by atomic mass is 10.1. The second kappa shape index (κ2) is 8.60. The second-order valence-corrected chi connectivity index (χ2v) is 6.48. The molecule has 1 aromatic carbocycles. The first-order chi connectivity index (χ1) is 13.5. The number of nitrogens with zero attached hydrogens (tertiary/aromatic N) is 4. The number of carbonyl (C=O) groups is 1. The molecule has 1 amide bonds. The van der Waals surface area contributed by atoms with Crippen LogP contribution in [0.3, 0.4) is 0 Å². The van der Waals surface area contributed by atoms with Crippen LogP contribution in [-0.2, 0) is 17.8 Å². The fraction of sp³-hybridized carbons (Fsp3) is 0.300. The molecule has 0 aliphatic carbocycles. The van der Waals surface area contributed by atoms with Gasteiger partial charge in [-0.3, -0.25) is 4.79 Å². The Labute approximate surface area is 162 Å². The Morgan fingerprint density at radius 1 is 1.25 bits per heavy atom. The van der Waals surface area contributed by atoms with Crippen LogP contribution >= 0.6 is 0 Å². The lowest BCUT2D eigenvalue weighted by Gasteiger charge is -2.27. The summed E-state index contributed by atoms with van der Waals surface area (Å²) in [6, 6.07) is 9.50. The minimum absolute atomic E-state index is 0.0594. The molecule has 0 saturated heterocycles. The Bertz CT molecular complexity index is 925. The van der Waals surface area contributed by atoms with E-state index < -0.39 is 0 Å². The summed E-state index contributed by atoms with van der Waals surface area (Å²) in [5, 5.41) is 3.68. The van der Waals surface area contributed by atoms with E-state index in [9.17, 15) is 9.18 Å². The number of aromatic nitrogens is 1. The fourth-order valence-corrected chi connectivity index (χ4v) is 2.85. The van der Waals surface area contributed by atoms with Crippen LogP contribution < -0.4 is 10.6 Å². The van der Waals surface area contributed by atoms with E-state index >= 15 is 0 Å². The Kier molecular flexibility index (Phi) is 5.98. The number of fused-ring (bicyclic) bond motifs is 1. The topological polar surface area (TPSA) is 93.2 Å². The molecule has 3 rings (SSSR count). The number of amides is 1. The predicted octanol–water partition coefficient (Wildman–Crippen LogP) is 2.61. The van der Waals surface area contributed by atoms with Gasteiger partial charge in [0, 0.05) is 32.5 Å². The number of ether oxygens (including phenoxy) is 1. The van der Waals surface area contributed by atoms with Gasteiger partial charge in [0.1, 0.15) is 18.1 Å². The largest absolute Gasteiger partial charge is 0.471 e. The van der Waals surface area contributed by atoms with Gasteiger partial charge in [-0.25, -0.2) is 14.4 Å². The van der Waals surface area contributed by atoms with Gasteiger partial charge in [-0.15, -0.1) is 0 Å². The zero-order chi connectivity index (χ0) is 20.1. The van der Waals surface area contributed by atoms with Crippen LogP contribution in [0.1, 0.15) is 25.1 Å². The fourth-order valence-electron chi connectivity index (χ4n) is 2.85. The molecule has 0 bridgehead atoms. The van der Waals surface area contributed by atoms with Crippen molar-refractivity contribution in [2.45, 2.75) is 26.8 Å². The van der Waals surface area contributed by atoms with Gasteiger partial charge >= 0.3 is 0 Å². The number of hydrogen-bond donors (Lipinski definition) is 1. The third-order valence-electron chi connectivity index (χ3n) is 4.53. The standard InChI is InChI=1S/C20H22FN5O2/c1-13(25-22)19(23-17-6-4-16(21)5-7-17)12-28-20-8-3-15-11-26(14(2)27)10-9-18(15)24-20/h3-8H,9-12,22H2,1-2H3/b23-19?,25-13-. The highest BCUT2D eigenvalue weighted by Gasteiger charge is 2.19. The van der Waals surface area contributed by atoms with Gasteiger partial charge in [0.15, 0.2) is 0 Å². The predicted molar refractivity (Wildman–Crippen MR) is 105 cm³/mol. The minimum atomic E-state index is -0.331. The molecule has 1 aliphatic rings. The summed E-state index contributed by atoms with van der Waals surface area (Å²) in [5.74, 6) is 5.58. The monoisotopic (exact) mass is 383 g/mol. The van der Waals surface area contributed by atoms with Gasteiger partial charge in [0.25, 0.3) is 0 Å². The minimum Gasteiger partial charge on any atom is -0.471 e. The van der Waals surface area contributed by atoms with Gasteiger partial charge in [-0.2, -0.15) is 5.10 Å². The van der Waals surface area contributed by atoms with Gasteiger partial charge < -0.3 is 15.5 Å². The van der Waals surface area contributed by atoms with E-state index in [1.54, 1.807) is 36.9 Å². The van der Waals surface area contributed by atoms with E-state index in [0.29, 0.717) is 42.5 Å². The molecule has 7 nitrogen and oxygen atoms in total. The first-order valence-electron chi connectivity index (χ1n) is 8.91. The molecule has 1 aromatic heterocycles. The lowest BCUT2D eigenvalue weighted by Crippen LogP contribution is -2.34. The summed E-state index contributed by atoms with van der Waals surface area (Å²) < 4.78 is 18.9. The third kappa shape index (κ3) is 4.70. The van der Waals surface area contributed by atoms with Crippen LogP contribution in [0.25, 0.3) is 0 Å². The first kappa shape index (κ1) is 19.5.